The highest BCUT2D eigenvalue weighted by Gasteiger charge is 2.21. The lowest BCUT2D eigenvalue weighted by atomic mass is 10.3. The maximum atomic E-state index is 10.9. The minimum Gasteiger partial charge on any atom is -0.360 e. The number of nitrogens with zero attached hydrogens (tertiary/aromatic N) is 19. The van der Waals surface area contributed by atoms with Gasteiger partial charge >= 0.3 is 0 Å². The number of hydrogen-bond acceptors (Lipinski definition) is 23. The number of aldehydes is 1. The Kier molecular flexibility index (Phi) is 20.2. The van der Waals surface area contributed by atoms with Gasteiger partial charge in [0.1, 0.15) is 34.2 Å². The molecule has 0 aliphatic carbocycles. The molecular weight excluding hydrogens is 1270 g/mol. The van der Waals surface area contributed by atoms with E-state index >= 15 is 0 Å². The van der Waals surface area contributed by atoms with Crippen LogP contribution in [0.1, 0.15) is 64.6 Å². The predicted molar refractivity (Wildman–Crippen MR) is 372 cm³/mol. The zero-order valence-electron chi connectivity index (χ0n) is 54.0. The summed E-state index contributed by atoms with van der Waals surface area (Å²) in [5.74, 6) is 2.07. The van der Waals surface area contributed by atoms with E-state index in [1.54, 1.807) is 23.1 Å². The monoisotopic (exact) mass is 1350 g/mol. The van der Waals surface area contributed by atoms with Crippen molar-refractivity contribution in [3.63, 3.8) is 0 Å². The number of carbonyl (C=O) groups is 1. The standard InChI is InChI=1S/C24H34N8OSSi.C20H25N7O2SSi.C18H20N8S/c1-18-14-32-21(19-12-26-31(15-19)17-33-9-10-35(2,3)4)13-25-24(32)23(27-18)28-22-11-20(29-34-22)16-30-7-5-6-8-30;1-14-10-27-17(15-8-22-26(11-15)13-29-5-6-31(2,3)4)9-21-20(27)19(23-14)24-18-7-16(12-28)25-30-18;1-12-10-26-15(13-7-20-21-8-13)9-19-18(26)17(22-12)23-16-6-14(24-27-16)11-25-4-2-3-5-25/h11-15H,5-10,16-17H2,1-4H3,(H,27,28);7-12H,5-6,13H2,1-4H3,(H,23,24);6-10H,2-5,11H2,1H3,(H,20,21)(H,22,23). The summed E-state index contributed by atoms with van der Waals surface area (Å²) in [5.41, 5.74) is 13.3. The number of anilines is 6. The molecule has 0 spiro atoms. The highest BCUT2D eigenvalue weighted by atomic mass is 32.1. The Bertz CT molecular complexity index is 4440. The van der Waals surface area contributed by atoms with Crippen molar-refractivity contribution in [2.24, 2.45) is 0 Å². The van der Waals surface area contributed by atoms with E-state index in [1.807, 2.05) is 96.2 Å². The Labute approximate surface area is 553 Å². The van der Waals surface area contributed by atoms with Crippen molar-refractivity contribution in [2.75, 3.05) is 55.3 Å². The van der Waals surface area contributed by atoms with Crippen LogP contribution in [0.25, 0.3) is 50.7 Å². The highest BCUT2D eigenvalue weighted by Crippen LogP contribution is 2.32. The van der Waals surface area contributed by atoms with Crippen molar-refractivity contribution >= 4 is 106 Å². The fourth-order valence-electron chi connectivity index (χ4n) is 10.8. The highest BCUT2D eigenvalue weighted by molar-refractivity contribution is 7.10. The molecule has 486 valence electrons. The van der Waals surface area contributed by atoms with Gasteiger partial charge in [0, 0.05) is 102 Å². The summed E-state index contributed by atoms with van der Waals surface area (Å²) in [5, 5.41) is 28.6. The van der Waals surface area contributed by atoms with Crippen LogP contribution in [0.5, 0.6) is 0 Å². The summed E-state index contributed by atoms with van der Waals surface area (Å²) < 4.78 is 34.7. The molecule has 12 aromatic heterocycles. The molecule has 2 aliphatic heterocycles. The first-order valence-corrected chi connectivity index (χ1v) is 41.0. The number of hydrogen-bond donors (Lipinski definition) is 4. The fourth-order valence-corrected chi connectivity index (χ4v) is 14.2. The zero-order chi connectivity index (χ0) is 64.6. The molecule has 2 saturated heterocycles. The van der Waals surface area contributed by atoms with Crippen molar-refractivity contribution in [3.05, 3.63) is 127 Å². The number of rotatable bonds is 24. The maximum Gasteiger partial charge on any atom is 0.180 e. The van der Waals surface area contributed by atoms with E-state index in [1.165, 1.54) is 86.5 Å². The third-order valence-electron chi connectivity index (χ3n) is 15.6. The number of fused-ring (bicyclic) bond motifs is 3. The second-order valence-corrected chi connectivity index (χ2v) is 39.5. The average molecular weight is 1350 g/mol. The topological polar surface area (TPSA) is 272 Å². The molecule has 2 aliphatic rings. The summed E-state index contributed by atoms with van der Waals surface area (Å²) in [6, 6.07) is 8.21. The molecule has 14 rings (SSSR count). The molecule has 93 heavy (non-hydrogen) atoms. The summed E-state index contributed by atoms with van der Waals surface area (Å²) in [7, 11) is -2.20. The average Bonchev–Trinajstić information content (AvgIpc) is 1.68. The second kappa shape index (κ2) is 28.9. The lowest BCUT2D eigenvalue weighted by Gasteiger charge is -2.15. The number of H-pyrrole nitrogens is 1. The molecule has 0 unspecified atom stereocenters. The number of nitrogens with one attached hydrogen (secondary N) is 4. The van der Waals surface area contributed by atoms with E-state index in [4.69, 9.17) is 14.5 Å². The van der Waals surface area contributed by atoms with Crippen molar-refractivity contribution in [1.82, 2.24) is 95.8 Å². The van der Waals surface area contributed by atoms with Crippen LogP contribution in [0.4, 0.5) is 32.5 Å². The largest absolute Gasteiger partial charge is 0.360 e. The first-order valence-electron chi connectivity index (χ1n) is 31.3. The van der Waals surface area contributed by atoms with Crippen LogP contribution in [0.15, 0.2) is 92.6 Å². The van der Waals surface area contributed by atoms with E-state index in [0.717, 1.165) is 145 Å². The number of likely N-dealkylation sites (tertiary alicyclic amines) is 2. The van der Waals surface area contributed by atoms with Crippen molar-refractivity contribution in [2.45, 2.75) is 124 Å². The molecule has 0 atom stereocenters. The molecule has 0 amide bonds. The van der Waals surface area contributed by atoms with Crippen LogP contribution < -0.4 is 16.0 Å². The third kappa shape index (κ3) is 16.7. The van der Waals surface area contributed by atoms with Crippen LogP contribution in [-0.4, -0.2) is 158 Å². The summed E-state index contributed by atoms with van der Waals surface area (Å²) in [6.45, 7) is 28.9. The van der Waals surface area contributed by atoms with E-state index in [-0.39, 0.29) is 0 Å². The van der Waals surface area contributed by atoms with E-state index < -0.39 is 16.1 Å². The smallest absolute Gasteiger partial charge is 0.180 e. The molecule has 0 aromatic carbocycles. The van der Waals surface area contributed by atoms with Gasteiger partial charge in [-0.25, -0.2) is 39.3 Å². The Morgan fingerprint density at radius 2 is 0.935 bits per heavy atom. The normalized spacial score (nSPS) is 13.9. The van der Waals surface area contributed by atoms with E-state index in [9.17, 15) is 4.79 Å². The van der Waals surface area contributed by atoms with Gasteiger partial charge in [0.25, 0.3) is 0 Å². The lowest BCUT2D eigenvalue weighted by molar-refractivity contribution is 0.0785. The van der Waals surface area contributed by atoms with Gasteiger partial charge in [-0.15, -0.1) is 0 Å². The van der Waals surface area contributed by atoms with E-state index in [0.29, 0.717) is 30.6 Å². The lowest BCUT2D eigenvalue weighted by Crippen LogP contribution is -2.22. The van der Waals surface area contributed by atoms with Gasteiger partial charge in [0.15, 0.2) is 40.7 Å². The molecule has 0 bridgehead atoms. The Hall–Kier alpha value is -8.28. The molecular formula is C62H79N23O3S3Si2. The first kappa shape index (κ1) is 64.8. The molecule has 12 aromatic rings. The zero-order valence-corrected chi connectivity index (χ0v) is 58.4. The molecule has 2 fully saturated rings. The SMILES string of the molecule is Cc1cn2c(-c3cn[nH]c3)cnc2c(Nc2cc(CN3CCCC3)ns2)n1.Cc1cn2c(-c3cnn(COCC[Si](C)(C)C)c3)cnc2c(Nc2cc(C=O)ns2)n1.Cc1cn2c(-c3cnn(COCC[Si](C)(C)C)c3)cnc2c(Nc2cc(CN3CCCC3)ns2)n1. The van der Waals surface area contributed by atoms with Crippen LogP contribution in [0.2, 0.25) is 51.4 Å². The predicted octanol–water partition coefficient (Wildman–Crippen LogP) is 12.5. The van der Waals surface area contributed by atoms with Crippen LogP contribution in [-0.2, 0) is 36.0 Å². The van der Waals surface area contributed by atoms with E-state index in [2.05, 4.69) is 140 Å². The van der Waals surface area contributed by atoms with Crippen LogP contribution in [0.3, 0.4) is 0 Å². The number of aromatic nitrogens is 18. The maximum absolute atomic E-state index is 10.9. The molecule has 0 radical (unpaired) electrons. The van der Waals surface area contributed by atoms with Crippen LogP contribution in [0, 0.1) is 20.8 Å². The van der Waals surface area contributed by atoms with Gasteiger partial charge in [-0.1, -0.05) is 39.3 Å². The molecule has 14 heterocycles. The van der Waals surface area contributed by atoms with Crippen LogP contribution >= 0.6 is 34.6 Å². The van der Waals surface area contributed by atoms with Crippen molar-refractivity contribution in [1.29, 1.82) is 0 Å². The number of imidazole rings is 3. The van der Waals surface area contributed by atoms with Crippen molar-refractivity contribution < 1.29 is 14.3 Å². The first-order chi connectivity index (χ1) is 44.9. The Morgan fingerprint density at radius 3 is 1.32 bits per heavy atom. The van der Waals surface area contributed by atoms with Gasteiger partial charge in [0.2, 0.25) is 0 Å². The molecule has 4 N–H and O–H groups in total. The number of ether oxygens (including phenoxy) is 2. The second-order valence-electron chi connectivity index (χ2n) is 25.9. The summed E-state index contributed by atoms with van der Waals surface area (Å²) in [4.78, 5) is 43.6. The van der Waals surface area contributed by atoms with Gasteiger partial charge in [-0.05, 0) is 131 Å². The number of aryl methyl sites for hydroxylation is 3. The Morgan fingerprint density at radius 1 is 0.527 bits per heavy atom. The van der Waals surface area contributed by atoms with Crippen molar-refractivity contribution in [3.8, 4) is 33.8 Å². The Balaban J connectivity index is 0.000000135. The van der Waals surface area contributed by atoms with Gasteiger partial charge < -0.3 is 25.4 Å². The van der Waals surface area contributed by atoms with Gasteiger partial charge in [-0.2, -0.15) is 28.4 Å². The minimum atomic E-state index is -1.10. The number of carbonyl (C=O) groups excluding carboxylic acids is 1. The van der Waals surface area contributed by atoms with Gasteiger partial charge in [0.05, 0.1) is 82.7 Å². The minimum absolute atomic E-state index is 0.389. The third-order valence-corrected chi connectivity index (χ3v) is 21.2. The summed E-state index contributed by atoms with van der Waals surface area (Å²) >= 11 is 4.14. The summed E-state index contributed by atoms with van der Waals surface area (Å²) in [6.07, 6.45) is 28.6. The quantitative estimate of drug-likeness (QED) is 0.0249. The fraction of sp³-hybridized carbons (Fsp3) is 0.403. The van der Waals surface area contributed by atoms with Gasteiger partial charge in [-0.3, -0.25) is 32.9 Å². The molecule has 31 heteroatoms. The molecule has 26 nitrogen and oxygen atoms in total. The molecule has 0 saturated carbocycles. The number of aromatic amines is 1.